The smallest absolute Gasteiger partial charge is 0.322 e. The van der Waals surface area contributed by atoms with Crippen LogP contribution in [0.1, 0.15) is 10.4 Å². The largest absolute Gasteiger partial charge is 0.480 e. The van der Waals surface area contributed by atoms with Crippen molar-refractivity contribution in [2.75, 3.05) is 6.54 Å². The first-order valence-electron chi connectivity index (χ1n) is 5.02. The van der Waals surface area contributed by atoms with E-state index in [0.29, 0.717) is 16.5 Å². The molecule has 2 rings (SSSR count). The van der Waals surface area contributed by atoms with E-state index in [-0.39, 0.29) is 0 Å². The number of para-hydroxylation sites is 1. The molecule has 0 aliphatic heterocycles. The summed E-state index contributed by atoms with van der Waals surface area (Å²) in [7, 11) is 0. The molecule has 0 saturated heterocycles. The summed E-state index contributed by atoms with van der Waals surface area (Å²) in [6.07, 6.45) is 1.53. The Morgan fingerprint density at radius 2 is 2.00 bits per heavy atom. The van der Waals surface area contributed by atoms with E-state index in [9.17, 15) is 9.59 Å². The molecule has 0 spiro atoms. The highest BCUT2D eigenvalue weighted by molar-refractivity contribution is 6.06. The van der Waals surface area contributed by atoms with Crippen LogP contribution in [0.25, 0.3) is 10.9 Å². The number of aromatic nitrogens is 1. The summed E-state index contributed by atoms with van der Waals surface area (Å²) >= 11 is 0. The minimum atomic E-state index is -1.07. The second kappa shape index (κ2) is 4.61. The Morgan fingerprint density at radius 3 is 2.76 bits per heavy atom. The van der Waals surface area contributed by atoms with Crippen molar-refractivity contribution >= 4 is 22.8 Å². The fraction of sp³-hybridized carbons (Fsp3) is 0.0833. The first kappa shape index (κ1) is 11.1. The maximum atomic E-state index is 11.8. The molecule has 1 aromatic carbocycles. The molecule has 1 amide bonds. The van der Waals surface area contributed by atoms with Crippen molar-refractivity contribution in [3.05, 3.63) is 42.1 Å². The van der Waals surface area contributed by atoms with Crippen LogP contribution in [0.4, 0.5) is 0 Å². The number of benzene rings is 1. The number of hydrogen-bond acceptors (Lipinski definition) is 3. The minimum Gasteiger partial charge on any atom is -0.480 e. The van der Waals surface area contributed by atoms with Crippen molar-refractivity contribution in [1.82, 2.24) is 10.3 Å². The number of rotatable bonds is 3. The van der Waals surface area contributed by atoms with E-state index in [2.05, 4.69) is 10.3 Å². The van der Waals surface area contributed by atoms with E-state index >= 15 is 0 Å². The summed E-state index contributed by atoms with van der Waals surface area (Å²) in [6.45, 7) is -0.393. The molecule has 0 aliphatic rings. The predicted molar refractivity (Wildman–Crippen MR) is 61.7 cm³/mol. The molecule has 0 atom stereocenters. The summed E-state index contributed by atoms with van der Waals surface area (Å²) in [6, 6.07) is 8.77. The Kier molecular flexibility index (Phi) is 3.00. The number of hydrogen-bond donors (Lipinski definition) is 2. The van der Waals surface area contributed by atoms with Gasteiger partial charge < -0.3 is 10.4 Å². The Hall–Kier alpha value is -2.43. The molecule has 0 fully saturated rings. The van der Waals surface area contributed by atoms with Crippen molar-refractivity contribution < 1.29 is 14.7 Å². The first-order valence-corrected chi connectivity index (χ1v) is 5.02. The second-order valence-electron chi connectivity index (χ2n) is 3.45. The summed E-state index contributed by atoms with van der Waals surface area (Å²) in [5.41, 5.74) is 1.13. The molecule has 2 aromatic rings. The summed E-state index contributed by atoms with van der Waals surface area (Å²) < 4.78 is 0. The first-order chi connectivity index (χ1) is 8.18. The van der Waals surface area contributed by atoms with Gasteiger partial charge in [-0.15, -0.1) is 0 Å². The number of carbonyl (C=O) groups excluding carboxylic acids is 1. The van der Waals surface area contributed by atoms with Gasteiger partial charge in [0.1, 0.15) is 6.54 Å². The van der Waals surface area contributed by atoms with Gasteiger partial charge in [0, 0.05) is 11.6 Å². The maximum Gasteiger partial charge on any atom is 0.322 e. The third-order valence-electron chi connectivity index (χ3n) is 2.29. The number of aliphatic carboxylic acids is 1. The van der Waals surface area contributed by atoms with E-state index in [1.54, 1.807) is 24.3 Å². The van der Waals surface area contributed by atoms with Gasteiger partial charge in [0.2, 0.25) is 0 Å². The molecule has 17 heavy (non-hydrogen) atoms. The van der Waals surface area contributed by atoms with Gasteiger partial charge in [0.15, 0.2) is 0 Å². The Morgan fingerprint density at radius 1 is 1.24 bits per heavy atom. The third-order valence-corrected chi connectivity index (χ3v) is 2.29. The molecule has 0 radical (unpaired) electrons. The van der Waals surface area contributed by atoms with Crippen LogP contribution in [0.2, 0.25) is 0 Å². The van der Waals surface area contributed by atoms with Crippen molar-refractivity contribution in [3.63, 3.8) is 0 Å². The lowest BCUT2D eigenvalue weighted by atomic mass is 10.1. The van der Waals surface area contributed by atoms with E-state index in [1.807, 2.05) is 6.07 Å². The fourth-order valence-corrected chi connectivity index (χ4v) is 1.54. The standard InChI is InChI=1S/C12H10N2O3/c15-11(16)7-14-12(17)9-5-6-13-10-4-2-1-3-8(9)10/h1-6H,7H2,(H,14,17)(H,15,16). The average Bonchev–Trinajstić information content (AvgIpc) is 2.35. The average molecular weight is 230 g/mol. The fourth-order valence-electron chi connectivity index (χ4n) is 1.54. The highest BCUT2D eigenvalue weighted by Crippen LogP contribution is 2.15. The van der Waals surface area contributed by atoms with Crippen molar-refractivity contribution in [1.29, 1.82) is 0 Å². The quantitative estimate of drug-likeness (QED) is 0.826. The summed E-state index contributed by atoms with van der Waals surface area (Å²) in [4.78, 5) is 26.3. The van der Waals surface area contributed by atoms with Crippen molar-refractivity contribution in [2.24, 2.45) is 0 Å². The number of carbonyl (C=O) groups is 2. The van der Waals surface area contributed by atoms with Gasteiger partial charge in [0.05, 0.1) is 11.1 Å². The molecule has 2 N–H and O–H groups in total. The molecule has 5 nitrogen and oxygen atoms in total. The zero-order valence-corrected chi connectivity index (χ0v) is 8.88. The highest BCUT2D eigenvalue weighted by Gasteiger charge is 2.10. The molecule has 5 heteroatoms. The lowest BCUT2D eigenvalue weighted by molar-refractivity contribution is -0.135. The van der Waals surface area contributed by atoms with Crippen LogP contribution in [0.3, 0.4) is 0 Å². The Bertz CT molecular complexity index is 575. The van der Waals surface area contributed by atoms with Crippen LogP contribution in [0, 0.1) is 0 Å². The number of amides is 1. The van der Waals surface area contributed by atoms with E-state index < -0.39 is 18.4 Å². The highest BCUT2D eigenvalue weighted by atomic mass is 16.4. The van der Waals surface area contributed by atoms with Crippen molar-refractivity contribution in [3.8, 4) is 0 Å². The Labute approximate surface area is 97.1 Å². The van der Waals surface area contributed by atoms with Gasteiger partial charge in [-0.3, -0.25) is 14.6 Å². The van der Waals surface area contributed by atoms with Crippen LogP contribution >= 0.6 is 0 Å². The number of carboxylic acids is 1. The molecular weight excluding hydrogens is 220 g/mol. The van der Waals surface area contributed by atoms with Gasteiger partial charge in [-0.1, -0.05) is 18.2 Å². The predicted octanol–water partition coefficient (Wildman–Crippen LogP) is 1.05. The lowest BCUT2D eigenvalue weighted by Gasteiger charge is -2.05. The van der Waals surface area contributed by atoms with Crippen LogP contribution in [-0.2, 0) is 4.79 Å². The van der Waals surface area contributed by atoms with Crippen molar-refractivity contribution in [2.45, 2.75) is 0 Å². The molecule has 1 aromatic heterocycles. The van der Waals surface area contributed by atoms with Crippen LogP contribution in [0.5, 0.6) is 0 Å². The van der Waals surface area contributed by atoms with E-state index in [0.717, 1.165) is 0 Å². The number of nitrogens with one attached hydrogen (secondary N) is 1. The molecule has 86 valence electrons. The monoisotopic (exact) mass is 230 g/mol. The summed E-state index contributed by atoms with van der Waals surface area (Å²) in [5, 5.41) is 11.5. The number of carboxylic acid groups (broad SMARTS) is 1. The van der Waals surface area contributed by atoms with Gasteiger partial charge >= 0.3 is 5.97 Å². The topological polar surface area (TPSA) is 79.3 Å². The van der Waals surface area contributed by atoms with Gasteiger partial charge in [-0.05, 0) is 12.1 Å². The lowest BCUT2D eigenvalue weighted by Crippen LogP contribution is -2.29. The van der Waals surface area contributed by atoms with Gasteiger partial charge in [0.25, 0.3) is 5.91 Å². The molecule has 0 aliphatic carbocycles. The third kappa shape index (κ3) is 2.39. The summed E-state index contributed by atoms with van der Waals surface area (Å²) in [5.74, 6) is -1.48. The molecule has 1 heterocycles. The normalized spacial score (nSPS) is 10.1. The zero-order chi connectivity index (χ0) is 12.3. The molecule has 0 bridgehead atoms. The Balaban J connectivity index is 2.35. The van der Waals surface area contributed by atoms with E-state index in [4.69, 9.17) is 5.11 Å². The van der Waals surface area contributed by atoms with E-state index in [1.165, 1.54) is 6.20 Å². The number of fused-ring (bicyclic) bond motifs is 1. The zero-order valence-electron chi connectivity index (χ0n) is 8.88. The van der Waals surface area contributed by atoms with Gasteiger partial charge in [-0.2, -0.15) is 0 Å². The van der Waals surface area contributed by atoms with Gasteiger partial charge in [-0.25, -0.2) is 0 Å². The molecule has 0 saturated carbocycles. The molecule has 0 unspecified atom stereocenters. The molecular formula is C12H10N2O3. The second-order valence-corrected chi connectivity index (χ2v) is 3.45. The maximum absolute atomic E-state index is 11.8. The number of nitrogens with zero attached hydrogens (tertiary/aromatic N) is 1. The number of pyridine rings is 1. The minimum absolute atomic E-state index is 0.393. The van der Waals surface area contributed by atoms with Crippen LogP contribution in [0.15, 0.2) is 36.5 Å². The SMILES string of the molecule is O=C(O)CNC(=O)c1ccnc2ccccc12. The van der Waals surface area contributed by atoms with Crippen LogP contribution in [-0.4, -0.2) is 28.5 Å². The van der Waals surface area contributed by atoms with Crippen LogP contribution < -0.4 is 5.32 Å².